The van der Waals surface area contributed by atoms with Crippen molar-refractivity contribution in [2.24, 2.45) is 0 Å². The largest absolute Gasteiger partial charge is 0.531 e. The van der Waals surface area contributed by atoms with Crippen LogP contribution in [0.15, 0.2) is 0 Å². The van der Waals surface area contributed by atoms with E-state index in [9.17, 15) is 4.79 Å². The highest BCUT2D eigenvalue weighted by atomic mass is 28.4. The van der Waals surface area contributed by atoms with Crippen LogP contribution in [0.4, 0.5) is 0 Å². The van der Waals surface area contributed by atoms with Gasteiger partial charge in [0.15, 0.2) is 0 Å². The maximum atomic E-state index is 11.6. The molecule has 2 unspecified atom stereocenters. The number of hydrogen-bond acceptors (Lipinski definition) is 6. The Balaban J connectivity index is 5.34. The molecular weight excluding hydrogens is 340 g/mol. The molecule has 0 aromatic carbocycles. The van der Waals surface area contributed by atoms with E-state index < -0.39 is 15.1 Å². The molecule has 0 bridgehead atoms. The SMILES string of the molecule is CCCO[Si](OCCC)(OCCC)C(CC)OC(CC)OC(=O)CC. The van der Waals surface area contributed by atoms with E-state index in [4.69, 9.17) is 22.8 Å². The molecule has 0 saturated carbocycles. The zero-order valence-corrected chi connectivity index (χ0v) is 18.0. The summed E-state index contributed by atoms with van der Waals surface area (Å²) in [7, 11) is -3.04. The summed E-state index contributed by atoms with van der Waals surface area (Å²) >= 11 is 0. The summed E-state index contributed by atoms with van der Waals surface area (Å²) in [6.45, 7) is 13.6. The van der Waals surface area contributed by atoms with E-state index >= 15 is 0 Å². The van der Waals surface area contributed by atoms with Gasteiger partial charge in [-0.15, -0.1) is 0 Å². The average molecular weight is 379 g/mol. The van der Waals surface area contributed by atoms with Gasteiger partial charge in [0.05, 0.1) is 0 Å². The van der Waals surface area contributed by atoms with Gasteiger partial charge in [-0.1, -0.05) is 41.5 Å². The first-order valence-electron chi connectivity index (χ1n) is 9.80. The summed E-state index contributed by atoms with van der Waals surface area (Å²) in [6, 6.07) is 0. The minimum Gasteiger partial charge on any atom is -0.436 e. The van der Waals surface area contributed by atoms with Gasteiger partial charge in [-0.05, 0) is 25.7 Å². The monoisotopic (exact) mass is 378 g/mol. The molecule has 0 aromatic rings. The molecular formula is C18H38O6Si. The summed E-state index contributed by atoms with van der Waals surface area (Å²) in [5, 5.41) is 0. The highest BCUT2D eigenvalue weighted by Crippen LogP contribution is 2.24. The van der Waals surface area contributed by atoms with E-state index in [1.54, 1.807) is 6.92 Å². The number of ether oxygens (including phenoxy) is 2. The third kappa shape index (κ3) is 9.15. The van der Waals surface area contributed by atoms with Gasteiger partial charge in [0.2, 0.25) is 6.29 Å². The standard InChI is InChI=1S/C18H38O6Si/c1-7-13-20-25(21-14-8-2,22-15-9-3)18(12-6)24-17(11-5)23-16(19)10-4/h17-18H,7-15H2,1-6H3. The second-order valence-corrected chi connectivity index (χ2v) is 8.58. The molecule has 0 aromatic heterocycles. The zero-order valence-electron chi connectivity index (χ0n) is 17.0. The first-order chi connectivity index (χ1) is 12.0. The fourth-order valence-electron chi connectivity index (χ4n) is 2.19. The molecule has 0 aliphatic rings. The quantitative estimate of drug-likeness (QED) is 0.227. The smallest absolute Gasteiger partial charge is 0.436 e. The minimum atomic E-state index is -3.04. The number of carbonyl (C=O) groups is 1. The van der Waals surface area contributed by atoms with Crippen molar-refractivity contribution in [2.45, 2.75) is 92.1 Å². The molecule has 0 rings (SSSR count). The highest BCUT2D eigenvalue weighted by Gasteiger charge is 2.51. The van der Waals surface area contributed by atoms with Gasteiger partial charge in [0.25, 0.3) is 0 Å². The molecule has 0 amide bonds. The predicted molar refractivity (Wildman–Crippen MR) is 100 cm³/mol. The third-order valence-corrected chi connectivity index (χ3v) is 6.64. The highest BCUT2D eigenvalue weighted by molar-refractivity contribution is 6.62. The van der Waals surface area contributed by atoms with Crippen LogP contribution in [0.2, 0.25) is 0 Å². The van der Waals surface area contributed by atoms with Crippen LogP contribution in [-0.4, -0.2) is 46.6 Å². The Labute approximate surface area is 154 Å². The minimum absolute atomic E-state index is 0.271. The van der Waals surface area contributed by atoms with Gasteiger partial charge in [-0.3, -0.25) is 4.79 Å². The normalized spacial score (nSPS) is 14.3. The number of hydrogen-bond donors (Lipinski definition) is 0. The molecule has 0 heterocycles. The van der Waals surface area contributed by atoms with E-state index in [1.807, 2.05) is 13.8 Å². The molecule has 0 aliphatic heterocycles. The maximum Gasteiger partial charge on any atom is 0.531 e. The lowest BCUT2D eigenvalue weighted by molar-refractivity contribution is -0.189. The van der Waals surface area contributed by atoms with Gasteiger partial charge >= 0.3 is 14.8 Å². The van der Waals surface area contributed by atoms with Crippen LogP contribution in [0.3, 0.4) is 0 Å². The summed E-state index contributed by atoms with van der Waals surface area (Å²) in [5.74, 6) is -0.271. The Hall–Kier alpha value is -0.473. The first kappa shape index (κ1) is 24.5. The Morgan fingerprint density at radius 2 is 1.28 bits per heavy atom. The van der Waals surface area contributed by atoms with Crippen LogP contribution < -0.4 is 0 Å². The summed E-state index contributed by atoms with van der Waals surface area (Å²) in [6.07, 6.45) is 3.58. The van der Waals surface area contributed by atoms with Crippen molar-refractivity contribution in [1.29, 1.82) is 0 Å². The van der Waals surface area contributed by atoms with Crippen LogP contribution in [0.5, 0.6) is 0 Å². The molecule has 0 N–H and O–H groups in total. The molecule has 7 heteroatoms. The fourth-order valence-corrected chi connectivity index (χ4v) is 5.28. The van der Waals surface area contributed by atoms with Crippen molar-refractivity contribution >= 4 is 14.8 Å². The van der Waals surface area contributed by atoms with Crippen molar-refractivity contribution in [2.75, 3.05) is 19.8 Å². The van der Waals surface area contributed by atoms with E-state index in [0.29, 0.717) is 39.1 Å². The van der Waals surface area contributed by atoms with Crippen LogP contribution in [0.1, 0.15) is 80.1 Å². The van der Waals surface area contributed by atoms with Crippen molar-refractivity contribution in [3.8, 4) is 0 Å². The van der Waals surface area contributed by atoms with Crippen LogP contribution in [0, 0.1) is 0 Å². The molecule has 0 spiro atoms. The van der Waals surface area contributed by atoms with Crippen molar-refractivity contribution < 1.29 is 27.5 Å². The first-order valence-corrected chi connectivity index (χ1v) is 11.6. The molecule has 2 atom stereocenters. The third-order valence-electron chi connectivity index (χ3n) is 3.49. The summed E-state index contributed by atoms with van der Waals surface area (Å²) in [4.78, 5) is 11.6. The van der Waals surface area contributed by atoms with E-state index in [0.717, 1.165) is 19.3 Å². The van der Waals surface area contributed by atoms with Crippen molar-refractivity contribution in [3.63, 3.8) is 0 Å². The van der Waals surface area contributed by atoms with Gasteiger partial charge in [-0.25, -0.2) is 0 Å². The van der Waals surface area contributed by atoms with E-state index in [1.165, 1.54) is 0 Å². The number of esters is 1. The molecule has 0 saturated heterocycles. The Kier molecular flexibility index (Phi) is 14.4. The molecule has 25 heavy (non-hydrogen) atoms. The Morgan fingerprint density at radius 3 is 1.60 bits per heavy atom. The van der Waals surface area contributed by atoms with Crippen molar-refractivity contribution in [1.82, 2.24) is 0 Å². The van der Waals surface area contributed by atoms with Crippen molar-refractivity contribution in [3.05, 3.63) is 0 Å². The lowest BCUT2D eigenvalue weighted by Crippen LogP contribution is -2.58. The van der Waals surface area contributed by atoms with Crippen LogP contribution in [0.25, 0.3) is 0 Å². The maximum absolute atomic E-state index is 11.6. The van der Waals surface area contributed by atoms with Crippen LogP contribution in [-0.2, 0) is 27.5 Å². The average Bonchev–Trinajstić information content (AvgIpc) is 2.64. The summed E-state index contributed by atoms with van der Waals surface area (Å²) < 4.78 is 29.9. The molecule has 0 radical (unpaired) electrons. The van der Waals surface area contributed by atoms with Crippen LogP contribution >= 0.6 is 0 Å². The van der Waals surface area contributed by atoms with Gasteiger partial charge < -0.3 is 22.8 Å². The lowest BCUT2D eigenvalue weighted by Gasteiger charge is -2.36. The lowest BCUT2D eigenvalue weighted by atomic mass is 10.4. The predicted octanol–water partition coefficient (Wildman–Crippen LogP) is 4.23. The van der Waals surface area contributed by atoms with Gasteiger partial charge in [0, 0.05) is 32.7 Å². The number of rotatable bonds is 16. The van der Waals surface area contributed by atoms with Gasteiger partial charge in [-0.2, -0.15) is 0 Å². The van der Waals surface area contributed by atoms with Gasteiger partial charge in [0.1, 0.15) is 5.73 Å². The topological polar surface area (TPSA) is 63.2 Å². The molecule has 0 aliphatic carbocycles. The molecule has 150 valence electrons. The fraction of sp³-hybridized carbons (Fsp3) is 0.944. The summed E-state index contributed by atoms with van der Waals surface area (Å²) in [5.41, 5.74) is -0.355. The number of carbonyl (C=O) groups excluding carboxylic acids is 1. The Morgan fingerprint density at radius 1 is 0.800 bits per heavy atom. The zero-order chi connectivity index (χ0) is 19.1. The molecule has 6 nitrogen and oxygen atoms in total. The van der Waals surface area contributed by atoms with E-state index in [-0.39, 0.29) is 11.7 Å². The second-order valence-electron chi connectivity index (χ2n) is 5.86. The Bertz CT molecular complexity index is 318. The second kappa shape index (κ2) is 14.7. The van der Waals surface area contributed by atoms with E-state index in [2.05, 4.69) is 20.8 Å². The molecule has 0 fully saturated rings.